The molecular formula is C17H21N3O2. The zero-order chi connectivity index (χ0) is 15.2. The van der Waals surface area contributed by atoms with Gasteiger partial charge in [0, 0.05) is 18.5 Å². The van der Waals surface area contributed by atoms with Crippen LogP contribution in [0.5, 0.6) is 5.75 Å². The van der Waals surface area contributed by atoms with Crippen LogP contribution in [0, 0.1) is 5.41 Å². The Balaban J connectivity index is 1.65. The predicted molar refractivity (Wildman–Crippen MR) is 84.9 cm³/mol. The third-order valence-electron chi connectivity index (χ3n) is 5.35. The van der Waals surface area contributed by atoms with Crippen LogP contribution in [0.2, 0.25) is 0 Å². The fourth-order valence-electron chi connectivity index (χ4n) is 4.02. The van der Waals surface area contributed by atoms with Crippen LogP contribution in [-0.2, 0) is 0 Å². The van der Waals surface area contributed by atoms with Crippen LogP contribution < -0.4 is 4.90 Å². The Morgan fingerprint density at radius 2 is 1.95 bits per heavy atom. The van der Waals surface area contributed by atoms with Crippen LogP contribution in [0.25, 0.3) is 10.9 Å². The molecule has 5 heteroatoms. The average molecular weight is 299 g/mol. The van der Waals surface area contributed by atoms with E-state index in [0.29, 0.717) is 5.41 Å². The Bertz CT molecular complexity index is 695. The second kappa shape index (κ2) is 5.09. The van der Waals surface area contributed by atoms with Crippen molar-refractivity contribution in [2.45, 2.75) is 38.2 Å². The Morgan fingerprint density at radius 3 is 2.77 bits per heavy atom. The molecule has 0 radical (unpaired) electrons. The number of aliphatic hydroxyl groups is 1. The van der Waals surface area contributed by atoms with E-state index in [1.165, 1.54) is 0 Å². The lowest BCUT2D eigenvalue weighted by molar-refractivity contribution is 0.0729. The van der Waals surface area contributed by atoms with Crippen molar-refractivity contribution in [3.05, 3.63) is 24.5 Å². The monoisotopic (exact) mass is 299 g/mol. The molecule has 5 nitrogen and oxygen atoms in total. The van der Waals surface area contributed by atoms with E-state index in [1.807, 2.05) is 6.07 Å². The van der Waals surface area contributed by atoms with Crippen molar-refractivity contribution in [3.8, 4) is 5.75 Å². The number of hydrogen-bond donors (Lipinski definition) is 2. The highest BCUT2D eigenvalue weighted by atomic mass is 16.3. The van der Waals surface area contributed by atoms with Gasteiger partial charge >= 0.3 is 0 Å². The van der Waals surface area contributed by atoms with Crippen molar-refractivity contribution in [2.75, 3.05) is 18.0 Å². The summed E-state index contributed by atoms with van der Waals surface area (Å²) in [4.78, 5) is 11.1. The van der Waals surface area contributed by atoms with Gasteiger partial charge in [-0.25, -0.2) is 9.97 Å². The molecule has 1 saturated heterocycles. The lowest BCUT2D eigenvalue weighted by Gasteiger charge is -2.35. The molecule has 1 aromatic carbocycles. The molecule has 1 aliphatic heterocycles. The smallest absolute Gasteiger partial charge is 0.140 e. The number of hydrogen-bond acceptors (Lipinski definition) is 5. The van der Waals surface area contributed by atoms with E-state index in [1.54, 1.807) is 18.5 Å². The third-order valence-corrected chi connectivity index (χ3v) is 5.35. The highest BCUT2D eigenvalue weighted by molar-refractivity contribution is 5.90. The second-order valence-corrected chi connectivity index (χ2v) is 6.80. The van der Waals surface area contributed by atoms with Gasteiger partial charge in [0.15, 0.2) is 0 Å². The first-order chi connectivity index (χ1) is 10.7. The van der Waals surface area contributed by atoms with Crippen molar-refractivity contribution in [1.29, 1.82) is 0 Å². The van der Waals surface area contributed by atoms with Crippen LogP contribution >= 0.6 is 0 Å². The lowest BCUT2D eigenvalue weighted by atomic mass is 9.73. The maximum Gasteiger partial charge on any atom is 0.140 e. The molecule has 0 bridgehead atoms. The topological polar surface area (TPSA) is 69.5 Å². The summed E-state index contributed by atoms with van der Waals surface area (Å²) in [5.41, 5.74) is 1.19. The van der Waals surface area contributed by atoms with Crippen molar-refractivity contribution in [3.63, 3.8) is 0 Å². The van der Waals surface area contributed by atoms with E-state index in [4.69, 9.17) is 0 Å². The second-order valence-electron chi connectivity index (χ2n) is 6.80. The van der Waals surface area contributed by atoms with Gasteiger partial charge < -0.3 is 15.1 Å². The molecule has 2 heterocycles. The minimum absolute atomic E-state index is 0.114. The van der Waals surface area contributed by atoms with Gasteiger partial charge in [0.2, 0.25) is 0 Å². The minimum Gasteiger partial charge on any atom is -0.508 e. The van der Waals surface area contributed by atoms with E-state index in [9.17, 15) is 10.2 Å². The number of rotatable bonds is 1. The number of benzene rings is 1. The first-order valence-electron chi connectivity index (χ1n) is 8.02. The molecule has 1 spiro atoms. The van der Waals surface area contributed by atoms with Crippen LogP contribution in [0.1, 0.15) is 32.1 Å². The molecule has 2 aliphatic rings. The van der Waals surface area contributed by atoms with Crippen LogP contribution in [-0.4, -0.2) is 39.4 Å². The zero-order valence-corrected chi connectivity index (χ0v) is 12.6. The maximum absolute atomic E-state index is 9.77. The summed E-state index contributed by atoms with van der Waals surface area (Å²) in [6.45, 7) is 1.97. The Kier molecular flexibility index (Phi) is 3.18. The third kappa shape index (κ3) is 2.29. The first kappa shape index (κ1) is 13.8. The van der Waals surface area contributed by atoms with Crippen LogP contribution in [0.3, 0.4) is 0 Å². The zero-order valence-electron chi connectivity index (χ0n) is 12.6. The largest absolute Gasteiger partial charge is 0.508 e. The van der Waals surface area contributed by atoms with E-state index in [2.05, 4.69) is 14.9 Å². The molecule has 2 fully saturated rings. The number of aromatic nitrogens is 2. The molecule has 1 aromatic heterocycles. The normalized spacial score (nSPS) is 28.6. The van der Waals surface area contributed by atoms with Gasteiger partial charge in [-0.15, -0.1) is 0 Å². The summed E-state index contributed by atoms with van der Waals surface area (Å²) < 4.78 is 0. The number of aliphatic hydroxyl groups excluding tert-OH is 1. The average Bonchev–Trinajstić information content (AvgIpc) is 2.94. The molecular weight excluding hydrogens is 278 g/mol. The summed E-state index contributed by atoms with van der Waals surface area (Å²) in [5.74, 6) is 1.17. The van der Waals surface area contributed by atoms with Crippen molar-refractivity contribution in [2.24, 2.45) is 5.41 Å². The number of phenolic OH excluding ortho intramolecular Hbond substituents is 1. The molecule has 2 N–H and O–H groups in total. The minimum atomic E-state index is -0.114. The van der Waals surface area contributed by atoms with Gasteiger partial charge in [-0.1, -0.05) is 0 Å². The molecule has 0 amide bonds. The molecule has 1 aliphatic carbocycles. The van der Waals surface area contributed by atoms with Crippen LogP contribution in [0.4, 0.5) is 5.82 Å². The van der Waals surface area contributed by atoms with Gasteiger partial charge in [0.25, 0.3) is 0 Å². The molecule has 4 rings (SSSR count). The fourth-order valence-corrected chi connectivity index (χ4v) is 4.02. The fraction of sp³-hybridized carbons (Fsp3) is 0.529. The lowest BCUT2D eigenvalue weighted by Crippen LogP contribution is -2.33. The Hall–Kier alpha value is -1.88. The Labute approximate surface area is 129 Å². The maximum atomic E-state index is 9.77. The van der Waals surface area contributed by atoms with Gasteiger partial charge in [-0.3, -0.25) is 0 Å². The van der Waals surface area contributed by atoms with Crippen molar-refractivity contribution < 1.29 is 10.2 Å². The van der Waals surface area contributed by atoms with E-state index < -0.39 is 0 Å². The highest BCUT2D eigenvalue weighted by Gasteiger charge is 2.41. The molecule has 2 aromatic rings. The SMILES string of the molecule is Oc1ccc2ncnc(N3CCC4(CCC(O)CC4)C3)c2c1. The Morgan fingerprint density at radius 1 is 1.14 bits per heavy atom. The highest BCUT2D eigenvalue weighted by Crippen LogP contribution is 2.45. The number of aromatic hydroxyl groups is 1. The van der Waals surface area contributed by atoms with E-state index in [0.717, 1.165) is 61.9 Å². The number of anilines is 1. The molecule has 116 valence electrons. The van der Waals surface area contributed by atoms with Gasteiger partial charge in [0.1, 0.15) is 17.9 Å². The van der Waals surface area contributed by atoms with Gasteiger partial charge in [-0.05, 0) is 55.7 Å². The summed E-state index contributed by atoms with van der Waals surface area (Å²) in [6, 6.07) is 5.24. The predicted octanol–water partition coefficient (Wildman–Crippen LogP) is 2.47. The molecule has 1 saturated carbocycles. The quantitative estimate of drug-likeness (QED) is 0.846. The van der Waals surface area contributed by atoms with Gasteiger partial charge in [-0.2, -0.15) is 0 Å². The van der Waals surface area contributed by atoms with Gasteiger partial charge in [0.05, 0.1) is 11.6 Å². The molecule has 0 atom stereocenters. The van der Waals surface area contributed by atoms with E-state index >= 15 is 0 Å². The molecule has 0 unspecified atom stereocenters. The standard InChI is InChI=1S/C17H21N3O2/c21-12-3-5-17(6-4-12)7-8-20(10-17)16-14-9-13(22)1-2-15(14)18-11-19-16/h1-2,9,11-12,21-22H,3-8,10H2. The summed E-state index contributed by atoms with van der Waals surface area (Å²) in [5, 5.41) is 20.4. The number of fused-ring (bicyclic) bond motifs is 1. The summed E-state index contributed by atoms with van der Waals surface area (Å²) in [6.07, 6.45) is 6.67. The summed E-state index contributed by atoms with van der Waals surface area (Å²) in [7, 11) is 0. The molecule has 22 heavy (non-hydrogen) atoms. The van der Waals surface area contributed by atoms with Crippen molar-refractivity contribution in [1.82, 2.24) is 9.97 Å². The number of nitrogens with zero attached hydrogens (tertiary/aromatic N) is 3. The van der Waals surface area contributed by atoms with E-state index in [-0.39, 0.29) is 11.9 Å². The van der Waals surface area contributed by atoms with Crippen LogP contribution in [0.15, 0.2) is 24.5 Å². The van der Waals surface area contributed by atoms with Crippen molar-refractivity contribution >= 4 is 16.7 Å². The number of phenols is 1. The first-order valence-corrected chi connectivity index (χ1v) is 8.02. The summed E-state index contributed by atoms with van der Waals surface area (Å²) >= 11 is 0.